The SMILES string of the molecule is COc1cccc(CCNCCC(=O)Nc2ccc(N3CCCC3)cc2)c1. The van der Waals surface area contributed by atoms with Gasteiger partial charge in [0.1, 0.15) is 5.75 Å². The molecule has 0 aromatic heterocycles. The minimum absolute atomic E-state index is 0.0396. The molecule has 2 N–H and O–H groups in total. The number of ether oxygens (including phenoxy) is 1. The third-order valence-electron chi connectivity index (χ3n) is 4.88. The molecule has 0 spiro atoms. The molecule has 0 atom stereocenters. The Kier molecular flexibility index (Phi) is 7.11. The first-order valence-electron chi connectivity index (χ1n) is 9.73. The van der Waals surface area contributed by atoms with Crippen LogP contribution in [-0.2, 0) is 11.2 Å². The number of anilines is 2. The van der Waals surface area contributed by atoms with Crippen molar-refractivity contribution in [2.24, 2.45) is 0 Å². The van der Waals surface area contributed by atoms with Crippen molar-refractivity contribution < 1.29 is 9.53 Å². The molecule has 3 rings (SSSR count). The third kappa shape index (κ3) is 6.00. The fourth-order valence-electron chi connectivity index (χ4n) is 3.34. The predicted molar refractivity (Wildman–Crippen MR) is 111 cm³/mol. The molecule has 2 aromatic rings. The van der Waals surface area contributed by atoms with Crippen LogP contribution in [0.2, 0.25) is 0 Å². The van der Waals surface area contributed by atoms with Gasteiger partial charge in [0, 0.05) is 37.4 Å². The zero-order valence-corrected chi connectivity index (χ0v) is 16.0. The van der Waals surface area contributed by atoms with Crippen molar-refractivity contribution in [3.8, 4) is 5.75 Å². The van der Waals surface area contributed by atoms with Gasteiger partial charge in [0.25, 0.3) is 0 Å². The quantitative estimate of drug-likeness (QED) is 0.667. The zero-order chi connectivity index (χ0) is 18.9. The molecule has 0 aliphatic carbocycles. The molecule has 1 aliphatic heterocycles. The van der Waals surface area contributed by atoms with Gasteiger partial charge in [-0.3, -0.25) is 4.79 Å². The number of benzene rings is 2. The summed E-state index contributed by atoms with van der Waals surface area (Å²) >= 11 is 0. The summed E-state index contributed by atoms with van der Waals surface area (Å²) in [5.41, 5.74) is 3.33. The first-order valence-corrected chi connectivity index (χ1v) is 9.73. The van der Waals surface area contributed by atoms with Crippen LogP contribution in [0.4, 0.5) is 11.4 Å². The van der Waals surface area contributed by atoms with E-state index >= 15 is 0 Å². The van der Waals surface area contributed by atoms with Gasteiger partial charge in [-0.1, -0.05) is 12.1 Å². The van der Waals surface area contributed by atoms with E-state index in [1.165, 1.54) is 24.1 Å². The van der Waals surface area contributed by atoms with E-state index in [2.05, 4.69) is 33.7 Å². The summed E-state index contributed by atoms with van der Waals surface area (Å²) in [6.07, 6.45) is 3.91. The van der Waals surface area contributed by atoms with Crippen LogP contribution < -0.4 is 20.3 Å². The first kappa shape index (κ1) is 19.2. The molecule has 1 amide bonds. The molecule has 0 saturated carbocycles. The molecule has 2 aromatic carbocycles. The lowest BCUT2D eigenvalue weighted by molar-refractivity contribution is -0.116. The minimum atomic E-state index is 0.0396. The maximum absolute atomic E-state index is 12.1. The molecule has 0 bridgehead atoms. The Bertz CT molecular complexity index is 725. The van der Waals surface area contributed by atoms with Crippen LogP contribution >= 0.6 is 0 Å². The number of hydrogen-bond acceptors (Lipinski definition) is 4. The van der Waals surface area contributed by atoms with Crippen molar-refractivity contribution in [2.45, 2.75) is 25.7 Å². The number of carbonyl (C=O) groups is 1. The van der Waals surface area contributed by atoms with E-state index in [0.717, 1.165) is 37.5 Å². The first-order chi connectivity index (χ1) is 13.2. The Morgan fingerprint density at radius 1 is 1.07 bits per heavy atom. The Labute approximate surface area is 161 Å². The molecule has 144 valence electrons. The normalized spacial score (nSPS) is 13.6. The third-order valence-corrected chi connectivity index (χ3v) is 4.88. The van der Waals surface area contributed by atoms with Crippen LogP contribution in [-0.4, -0.2) is 39.2 Å². The molecule has 5 heteroatoms. The fraction of sp³-hybridized carbons (Fsp3) is 0.409. The fourth-order valence-corrected chi connectivity index (χ4v) is 3.34. The Morgan fingerprint density at radius 3 is 2.59 bits per heavy atom. The summed E-state index contributed by atoms with van der Waals surface area (Å²) < 4.78 is 5.23. The van der Waals surface area contributed by atoms with Gasteiger partial charge < -0.3 is 20.3 Å². The van der Waals surface area contributed by atoms with Gasteiger partial charge in [-0.05, 0) is 67.8 Å². The lowest BCUT2D eigenvalue weighted by Crippen LogP contribution is -2.23. The maximum atomic E-state index is 12.1. The highest BCUT2D eigenvalue weighted by molar-refractivity contribution is 5.91. The summed E-state index contributed by atoms with van der Waals surface area (Å²) in [6.45, 7) is 3.77. The van der Waals surface area contributed by atoms with Crippen molar-refractivity contribution in [1.82, 2.24) is 5.32 Å². The summed E-state index contributed by atoms with van der Waals surface area (Å²) in [6, 6.07) is 16.2. The molecule has 0 unspecified atom stereocenters. The number of rotatable bonds is 9. The second-order valence-corrected chi connectivity index (χ2v) is 6.89. The largest absolute Gasteiger partial charge is 0.497 e. The topological polar surface area (TPSA) is 53.6 Å². The van der Waals surface area contributed by atoms with Crippen LogP contribution in [0, 0.1) is 0 Å². The molecule has 27 heavy (non-hydrogen) atoms. The number of carbonyl (C=O) groups excluding carboxylic acids is 1. The van der Waals surface area contributed by atoms with Gasteiger partial charge in [-0.2, -0.15) is 0 Å². The highest BCUT2D eigenvalue weighted by Gasteiger charge is 2.12. The van der Waals surface area contributed by atoms with Crippen LogP contribution in [0.25, 0.3) is 0 Å². The van der Waals surface area contributed by atoms with Crippen LogP contribution in [0.15, 0.2) is 48.5 Å². The van der Waals surface area contributed by atoms with E-state index in [-0.39, 0.29) is 5.91 Å². The highest BCUT2D eigenvalue weighted by atomic mass is 16.5. The maximum Gasteiger partial charge on any atom is 0.225 e. The number of nitrogens with zero attached hydrogens (tertiary/aromatic N) is 1. The van der Waals surface area contributed by atoms with Crippen molar-refractivity contribution in [3.05, 3.63) is 54.1 Å². The molecule has 1 heterocycles. The lowest BCUT2D eigenvalue weighted by atomic mass is 10.1. The molecular formula is C22H29N3O2. The van der Waals surface area contributed by atoms with E-state index in [1.807, 2.05) is 30.3 Å². The second-order valence-electron chi connectivity index (χ2n) is 6.89. The lowest BCUT2D eigenvalue weighted by Gasteiger charge is -2.17. The monoisotopic (exact) mass is 367 g/mol. The standard InChI is InChI=1S/C22H29N3O2/c1-27-21-6-4-5-18(17-21)11-13-23-14-12-22(26)24-19-7-9-20(10-8-19)25-15-2-3-16-25/h4-10,17,23H,2-3,11-16H2,1H3,(H,24,26). The molecule has 1 aliphatic rings. The second kappa shape index (κ2) is 9.97. The number of hydrogen-bond donors (Lipinski definition) is 2. The molecular weight excluding hydrogens is 338 g/mol. The van der Waals surface area contributed by atoms with E-state index in [0.29, 0.717) is 13.0 Å². The number of methoxy groups -OCH3 is 1. The van der Waals surface area contributed by atoms with Crippen LogP contribution in [0.3, 0.4) is 0 Å². The van der Waals surface area contributed by atoms with Crippen molar-refractivity contribution in [1.29, 1.82) is 0 Å². The van der Waals surface area contributed by atoms with E-state index in [1.54, 1.807) is 7.11 Å². The summed E-state index contributed by atoms with van der Waals surface area (Å²) in [5.74, 6) is 0.917. The average Bonchev–Trinajstić information content (AvgIpc) is 3.23. The van der Waals surface area contributed by atoms with Crippen molar-refractivity contribution in [3.63, 3.8) is 0 Å². The van der Waals surface area contributed by atoms with Gasteiger partial charge in [0.05, 0.1) is 7.11 Å². The zero-order valence-electron chi connectivity index (χ0n) is 16.0. The summed E-state index contributed by atoms with van der Waals surface area (Å²) in [5, 5.41) is 6.30. The Hall–Kier alpha value is -2.53. The van der Waals surface area contributed by atoms with Crippen molar-refractivity contribution in [2.75, 3.05) is 43.5 Å². The predicted octanol–water partition coefficient (Wildman–Crippen LogP) is 3.46. The Balaban J connectivity index is 1.33. The van der Waals surface area contributed by atoms with Gasteiger partial charge in [0.15, 0.2) is 0 Å². The number of nitrogens with one attached hydrogen (secondary N) is 2. The molecule has 1 fully saturated rings. The van der Waals surface area contributed by atoms with Crippen molar-refractivity contribution >= 4 is 17.3 Å². The Morgan fingerprint density at radius 2 is 1.85 bits per heavy atom. The van der Waals surface area contributed by atoms with Crippen LogP contribution in [0.1, 0.15) is 24.8 Å². The summed E-state index contributed by atoms with van der Waals surface area (Å²) in [7, 11) is 1.68. The average molecular weight is 367 g/mol. The van der Waals surface area contributed by atoms with Gasteiger partial charge in [-0.25, -0.2) is 0 Å². The van der Waals surface area contributed by atoms with E-state index < -0.39 is 0 Å². The molecule has 1 saturated heterocycles. The van der Waals surface area contributed by atoms with E-state index in [9.17, 15) is 4.79 Å². The van der Waals surface area contributed by atoms with Gasteiger partial charge >= 0.3 is 0 Å². The van der Waals surface area contributed by atoms with E-state index in [4.69, 9.17) is 4.74 Å². The molecule has 0 radical (unpaired) electrons. The number of amides is 1. The summed E-state index contributed by atoms with van der Waals surface area (Å²) in [4.78, 5) is 14.5. The highest BCUT2D eigenvalue weighted by Crippen LogP contribution is 2.22. The van der Waals surface area contributed by atoms with Gasteiger partial charge in [0.2, 0.25) is 5.91 Å². The minimum Gasteiger partial charge on any atom is -0.497 e. The van der Waals surface area contributed by atoms with Crippen LogP contribution in [0.5, 0.6) is 5.75 Å². The molecule has 5 nitrogen and oxygen atoms in total. The smallest absolute Gasteiger partial charge is 0.225 e. The van der Waals surface area contributed by atoms with Gasteiger partial charge in [-0.15, -0.1) is 0 Å².